The van der Waals surface area contributed by atoms with Crippen LogP contribution in [0.5, 0.6) is 0 Å². The van der Waals surface area contributed by atoms with Gasteiger partial charge in [-0.3, -0.25) is 4.79 Å². The van der Waals surface area contributed by atoms with Crippen LogP contribution in [0.3, 0.4) is 0 Å². The quantitative estimate of drug-likeness (QED) is 0.689. The lowest BCUT2D eigenvalue weighted by molar-refractivity contribution is -0.113. The number of benzene rings is 1. The van der Waals surface area contributed by atoms with Crippen molar-refractivity contribution >= 4 is 35.0 Å². The minimum Gasteiger partial charge on any atom is -0.325 e. The van der Waals surface area contributed by atoms with Crippen molar-refractivity contribution in [3.8, 4) is 0 Å². The van der Waals surface area contributed by atoms with Gasteiger partial charge in [0.05, 0.1) is 10.8 Å². The lowest BCUT2D eigenvalue weighted by atomic mass is 10.3. The molecule has 2 rings (SSSR count). The lowest BCUT2D eigenvalue weighted by Crippen LogP contribution is -2.14. The number of nitrogens with zero attached hydrogens (tertiary/aromatic N) is 2. The van der Waals surface area contributed by atoms with Gasteiger partial charge in [0.15, 0.2) is 5.16 Å². The SMILES string of the molecule is Cc1cc(C)nc(SCC(=O)Nc2ccc(F)c(Cl)c2)n1. The molecule has 1 aromatic heterocycles. The largest absolute Gasteiger partial charge is 0.325 e. The van der Waals surface area contributed by atoms with E-state index in [-0.39, 0.29) is 16.7 Å². The minimum absolute atomic E-state index is 0.0295. The first-order chi connectivity index (χ1) is 9.94. The van der Waals surface area contributed by atoms with Gasteiger partial charge in [-0.05, 0) is 38.1 Å². The molecule has 4 nitrogen and oxygen atoms in total. The fourth-order valence-corrected chi connectivity index (χ4v) is 2.59. The van der Waals surface area contributed by atoms with E-state index in [2.05, 4.69) is 15.3 Å². The Labute approximate surface area is 131 Å². The summed E-state index contributed by atoms with van der Waals surface area (Å²) in [4.78, 5) is 20.3. The Morgan fingerprint density at radius 3 is 2.57 bits per heavy atom. The van der Waals surface area contributed by atoms with Crippen molar-refractivity contribution in [2.45, 2.75) is 19.0 Å². The third-order valence-corrected chi connectivity index (χ3v) is 3.63. The Morgan fingerprint density at radius 2 is 1.95 bits per heavy atom. The van der Waals surface area contributed by atoms with E-state index >= 15 is 0 Å². The van der Waals surface area contributed by atoms with Crippen molar-refractivity contribution in [2.75, 3.05) is 11.1 Å². The maximum absolute atomic E-state index is 13.0. The van der Waals surface area contributed by atoms with Crippen LogP contribution >= 0.6 is 23.4 Å². The second kappa shape index (κ2) is 6.87. The standard InChI is InChI=1S/C14H13ClFN3OS/c1-8-5-9(2)18-14(17-8)21-7-13(20)19-10-3-4-12(16)11(15)6-10/h3-6H,7H2,1-2H3,(H,19,20). The molecule has 0 radical (unpaired) electrons. The zero-order valence-corrected chi connectivity index (χ0v) is 13.1. The number of carbonyl (C=O) groups excluding carboxylic acids is 1. The van der Waals surface area contributed by atoms with Crippen LogP contribution in [0.1, 0.15) is 11.4 Å². The number of thioether (sulfide) groups is 1. The van der Waals surface area contributed by atoms with Crippen molar-refractivity contribution in [1.82, 2.24) is 9.97 Å². The maximum atomic E-state index is 13.0. The number of aromatic nitrogens is 2. The summed E-state index contributed by atoms with van der Waals surface area (Å²) in [5, 5.41) is 3.17. The molecule has 0 saturated carbocycles. The third kappa shape index (κ3) is 4.68. The maximum Gasteiger partial charge on any atom is 0.234 e. The van der Waals surface area contributed by atoms with Gasteiger partial charge in [0.1, 0.15) is 5.82 Å². The highest BCUT2D eigenvalue weighted by atomic mass is 35.5. The topological polar surface area (TPSA) is 54.9 Å². The number of amides is 1. The molecule has 1 N–H and O–H groups in total. The highest BCUT2D eigenvalue weighted by Gasteiger charge is 2.08. The number of carbonyl (C=O) groups is 1. The van der Waals surface area contributed by atoms with E-state index in [0.29, 0.717) is 10.8 Å². The van der Waals surface area contributed by atoms with Gasteiger partial charge in [-0.1, -0.05) is 23.4 Å². The molecule has 0 atom stereocenters. The highest BCUT2D eigenvalue weighted by Crippen LogP contribution is 2.20. The molecule has 1 heterocycles. The van der Waals surface area contributed by atoms with Gasteiger partial charge in [-0.15, -0.1) is 0 Å². The summed E-state index contributed by atoms with van der Waals surface area (Å²) in [5.74, 6) is -0.587. The van der Waals surface area contributed by atoms with Crippen molar-refractivity contribution in [3.05, 3.63) is 46.5 Å². The number of aryl methyl sites for hydroxylation is 2. The molecule has 0 unspecified atom stereocenters. The minimum atomic E-state index is -0.521. The van der Waals surface area contributed by atoms with Crippen LogP contribution in [-0.2, 0) is 4.79 Å². The van der Waals surface area contributed by atoms with Gasteiger partial charge in [0, 0.05) is 17.1 Å². The molecule has 2 aromatic rings. The second-order valence-corrected chi connectivity index (χ2v) is 5.75. The second-order valence-electron chi connectivity index (χ2n) is 4.40. The Kier molecular flexibility index (Phi) is 5.14. The summed E-state index contributed by atoms with van der Waals surface area (Å²) in [6.45, 7) is 3.75. The highest BCUT2D eigenvalue weighted by molar-refractivity contribution is 7.99. The molecular formula is C14H13ClFN3OS. The van der Waals surface area contributed by atoms with E-state index in [1.54, 1.807) is 0 Å². The molecule has 0 bridgehead atoms. The molecule has 0 spiro atoms. The average Bonchev–Trinajstić information content (AvgIpc) is 2.40. The fraction of sp³-hybridized carbons (Fsp3) is 0.214. The van der Waals surface area contributed by atoms with E-state index in [4.69, 9.17) is 11.6 Å². The molecule has 0 fully saturated rings. The van der Waals surface area contributed by atoms with E-state index in [1.807, 2.05) is 19.9 Å². The number of nitrogens with one attached hydrogen (secondary N) is 1. The van der Waals surface area contributed by atoms with Crippen LogP contribution in [0.25, 0.3) is 0 Å². The number of hydrogen-bond donors (Lipinski definition) is 1. The predicted molar refractivity (Wildman–Crippen MR) is 82.3 cm³/mol. The summed E-state index contributed by atoms with van der Waals surface area (Å²) in [7, 11) is 0. The van der Waals surface area contributed by atoms with Crippen molar-refractivity contribution in [2.24, 2.45) is 0 Å². The van der Waals surface area contributed by atoms with Gasteiger partial charge < -0.3 is 5.32 Å². The molecule has 0 aliphatic rings. The van der Waals surface area contributed by atoms with Gasteiger partial charge >= 0.3 is 0 Å². The molecule has 1 amide bonds. The van der Waals surface area contributed by atoms with E-state index in [0.717, 1.165) is 11.4 Å². The smallest absolute Gasteiger partial charge is 0.234 e. The van der Waals surface area contributed by atoms with Crippen LogP contribution in [0.15, 0.2) is 29.4 Å². The average molecular weight is 326 g/mol. The van der Waals surface area contributed by atoms with Crippen molar-refractivity contribution in [1.29, 1.82) is 0 Å². The Morgan fingerprint density at radius 1 is 1.29 bits per heavy atom. The van der Waals surface area contributed by atoms with Gasteiger partial charge in [-0.25, -0.2) is 14.4 Å². The zero-order valence-electron chi connectivity index (χ0n) is 11.5. The first-order valence-corrected chi connectivity index (χ1v) is 7.50. The van der Waals surface area contributed by atoms with Crippen LogP contribution in [0.4, 0.5) is 10.1 Å². The number of anilines is 1. The Balaban J connectivity index is 1.94. The summed E-state index contributed by atoms with van der Waals surface area (Å²) < 4.78 is 13.0. The summed E-state index contributed by atoms with van der Waals surface area (Å²) in [5.41, 5.74) is 2.17. The number of hydrogen-bond acceptors (Lipinski definition) is 4. The number of rotatable bonds is 4. The Hall–Kier alpha value is -1.66. The number of halogens is 2. The van der Waals surface area contributed by atoms with E-state index < -0.39 is 5.82 Å². The predicted octanol–water partition coefficient (Wildman–Crippen LogP) is 3.62. The molecule has 110 valence electrons. The third-order valence-electron chi connectivity index (χ3n) is 2.50. The van der Waals surface area contributed by atoms with E-state index in [1.165, 1.54) is 30.0 Å². The van der Waals surface area contributed by atoms with Crippen LogP contribution in [0.2, 0.25) is 5.02 Å². The molecule has 0 aliphatic heterocycles. The van der Waals surface area contributed by atoms with Gasteiger partial charge in [0.25, 0.3) is 0 Å². The summed E-state index contributed by atoms with van der Waals surface area (Å²) >= 11 is 6.90. The van der Waals surface area contributed by atoms with Gasteiger partial charge in [0.2, 0.25) is 5.91 Å². The Bertz CT molecular complexity index is 661. The molecule has 0 aliphatic carbocycles. The van der Waals surface area contributed by atoms with Crippen LogP contribution in [0, 0.1) is 19.7 Å². The molecular weight excluding hydrogens is 313 g/mol. The first-order valence-electron chi connectivity index (χ1n) is 6.14. The molecule has 7 heteroatoms. The summed E-state index contributed by atoms with van der Waals surface area (Å²) in [6.07, 6.45) is 0. The zero-order chi connectivity index (χ0) is 15.4. The van der Waals surface area contributed by atoms with Crippen molar-refractivity contribution in [3.63, 3.8) is 0 Å². The van der Waals surface area contributed by atoms with Crippen LogP contribution < -0.4 is 5.32 Å². The van der Waals surface area contributed by atoms with Crippen LogP contribution in [-0.4, -0.2) is 21.6 Å². The monoisotopic (exact) mass is 325 g/mol. The lowest BCUT2D eigenvalue weighted by Gasteiger charge is -2.06. The van der Waals surface area contributed by atoms with E-state index in [9.17, 15) is 9.18 Å². The normalized spacial score (nSPS) is 10.5. The molecule has 0 saturated heterocycles. The molecule has 1 aromatic carbocycles. The first kappa shape index (κ1) is 15.7. The molecule has 21 heavy (non-hydrogen) atoms. The van der Waals surface area contributed by atoms with Gasteiger partial charge in [-0.2, -0.15) is 0 Å². The van der Waals surface area contributed by atoms with Crippen molar-refractivity contribution < 1.29 is 9.18 Å². The summed E-state index contributed by atoms with van der Waals surface area (Å²) in [6, 6.07) is 5.90. The fourth-order valence-electron chi connectivity index (χ4n) is 1.66.